The SMILES string of the molecule is Cc1c(Cc2ccc(N=CC=CN)nc2)cc(C(=O)N[C@H]2CCC[C@@H]2O)c(F)c1C. The van der Waals surface area contributed by atoms with Crippen LogP contribution in [0.1, 0.15) is 51.9 Å². The molecule has 0 spiro atoms. The third-order valence-corrected chi connectivity index (χ3v) is 5.58. The minimum absolute atomic E-state index is 0.00921. The Bertz CT molecular complexity index is 970. The van der Waals surface area contributed by atoms with E-state index >= 15 is 0 Å². The number of hydrogen-bond donors (Lipinski definition) is 3. The fourth-order valence-corrected chi connectivity index (χ4v) is 3.64. The predicted octanol–water partition coefficient (Wildman–Crippen LogP) is 3.25. The van der Waals surface area contributed by atoms with Gasteiger partial charge in [-0.25, -0.2) is 14.4 Å². The summed E-state index contributed by atoms with van der Waals surface area (Å²) in [5.74, 6) is -0.449. The van der Waals surface area contributed by atoms with Crippen molar-refractivity contribution in [1.82, 2.24) is 10.3 Å². The van der Waals surface area contributed by atoms with Gasteiger partial charge in [0.1, 0.15) is 5.82 Å². The lowest BCUT2D eigenvalue weighted by atomic mass is 9.94. The van der Waals surface area contributed by atoms with Gasteiger partial charge in [-0.15, -0.1) is 0 Å². The Kier molecular flexibility index (Phi) is 6.95. The molecule has 0 radical (unpaired) electrons. The number of benzene rings is 1. The molecule has 158 valence electrons. The van der Waals surface area contributed by atoms with E-state index in [-0.39, 0.29) is 11.6 Å². The van der Waals surface area contributed by atoms with Crippen molar-refractivity contribution >= 4 is 17.9 Å². The van der Waals surface area contributed by atoms with E-state index in [1.807, 2.05) is 13.0 Å². The van der Waals surface area contributed by atoms with Crippen LogP contribution < -0.4 is 11.1 Å². The summed E-state index contributed by atoms with van der Waals surface area (Å²) >= 11 is 0. The van der Waals surface area contributed by atoms with Crippen molar-refractivity contribution in [3.05, 3.63) is 70.3 Å². The van der Waals surface area contributed by atoms with Gasteiger partial charge in [-0.2, -0.15) is 0 Å². The summed E-state index contributed by atoms with van der Waals surface area (Å²) in [5.41, 5.74) is 8.31. The van der Waals surface area contributed by atoms with Gasteiger partial charge in [0, 0.05) is 12.4 Å². The van der Waals surface area contributed by atoms with Gasteiger partial charge in [0.15, 0.2) is 5.82 Å². The van der Waals surface area contributed by atoms with E-state index in [0.29, 0.717) is 30.6 Å². The molecule has 3 rings (SSSR count). The molecule has 1 saturated carbocycles. The molecule has 4 N–H and O–H groups in total. The number of aliphatic hydroxyl groups excluding tert-OH is 1. The molecule has 7 heteroatoms. The molecular weight excluding hydrogens is 383 g/mol. The first-order valence-corrected chi connectivity index (χ1v) is 10.0. The van der Waals surface area contributed by atoms with Crippen molar-refractivity contribution in [3.63, 3.8) is 0 Å². The fourth-order valence-electron chi connectivity index (χ4n) is 3.64. The van der Waals surface area contributed by atoms with Gasteiger partial charge < -0.3 is 16.2 Å². The van der Waals surface area contributed by atoms with E-state index in [1.54, 1.807) is 37.5 Å². The Morgan fingerprint density at radius 1 is 1.37 bits per heavy atom. The minimum atomic E-state index is -0.574. The highest BCUT2D eigenvalue weighted by Gasteiger charge is 2.28. The molecule has 2 aromatic rings. The van der Waals surface area contributed by atoms with Crippen LogP contribution in [0.2, 0.25) is 0 Å². The maximum absolute atomic E-state index is 14.8. The van der Waals surface area contributed by atoms with Crippen LogP contribution in [-0.4, -0.2) is 34.4 Å². The molecule has 6 nitrogen and oxygen atoms in total. The fraction of sp³-hybridized carbons (Fsp3) is 0.348. The number of hydrogen-bond acceptors (Lipinski definition) is 5. The number of aliphatic imine (C=N–C) groups is 1. The number of rotatable bonds is 6. The smallest absolute Gasteiger partial charge is 0.254 e. The number of amides is 1. The maximum Gasteiger partial charge on any atom is 0.254 e. The number of allylic oxidation sites excluding steroid dienone is 1. The molecular formula is C23H27FN4O2. The number of carbonyl (C=O) groups excluding carboxylic acids is 1. The minimum Gasteiger partial charge on any atom is -0.405 e. The number of aliphatic hydroxyl groups is 1. The van der Waals surface area contributed by atoms with Crippen molar-refractivity contribution in [2.45, 2.75) is 51.7 Å². The lowest BCUT2D eigenvalue weighted by Crippen LogP contribution is -2.40. The molecule has 30 heavy (non-hydrogen) atoms. The zero-order chi connectivity index (χ0) is 21.7. The summed E-state index contributed by atoms with van der Waals surface area (Å²) in [7, 11) is 0. The lowest BCUT2D eigenvalue weighted by molar-refractivity contribution is 0.0869. The van der Waals surface area contributed by atoms with Gasteiger partial charge in [0.2, 0.25) is 0 Å². The highest BCUT2D eigenvalue weighted by molar-refractivity contribution is 5.95. The average Bonchev–Trinajstić information content (AvgIpc) is 3.14. The van der Waals surface area contributed by atoms with Crippen LogP contribution in [0.4, 0.5) is 10.2 Å². The molecule has 0 bridgehead atoms. The van der Waals surface area contributed by atoms with E-state index in [0.717, 1.165) is 23.1 Å². The van der Waals surface area contributed by atoms with E-state index in [2.05, 4.69) is 15.3 Å². The molecule has 1 aromatic carbocycles. The Balaban J connectivity index is 1.82. The maximum atomic E-state index is 14.8. The first-order chi connectivity index (χ1) is 14.4. The number of halogens is 1. The number of carbonyl (C=O) groups is 1. The van der Waals surface area contributed by atoms with Gasteiger partial charge in [0.25, 0.3) is 5.91 Å². The summed E-state index contributed by atoms with van der Waals surface area (Å²) < 4.78 is 14.8. The second-order valence-electron chi connectivity index (χ2n) is 7.59. The number of nitrogens with one attached hydrogen (secondary N) is 1. The highest BCUT2D eigenvalue weighted by Crippen LogP contribution is 2.25. The molecule has 1 amide bonds. The Morgan fingerprint density at radius 2 is 2.17 bits per heavy atom. The third-order valence-electron chi connectivity index (χ3n) is 5.58. The van der Waals surface area contributed by atoms with E-state index in [9.17, 15) is 14.3 Å². The van der Waals surface area contributed by atoms with E-state index < -0.39 is 17.8 Å². The number of pyridine rings is 1. The van der Waals surface area contributed by atoms with Crippen molar-refractivity contribution in [3.8, 4) is 0 Å². The molecule has 0 unspecified atom stereocenters. The van der Waals surface area contributed by atoms with E-state index in [4.69, 9.17) is 5.73 Å². The molecule has 1 heterocycles. The zero-order valence-electron chi connectivity index (χ0n) is 17.2. The van der Waals surface area contributed by atoms with Crippen LogP contribution in [0.3, 0.4) is 0 Å². The van der Waals surface area contributed by atoms with Gasteiger partial charge in [-0.05, 0) is 86.2 Å². The second kappa shape index (κ2) is 9.63. The monoisotopic (exact) mass is 410 g/mol. The van der Waals surface area contributed by atoms with Crippen LogP contribution in [0.5, 0.6) is 0 Å². The van der Waals surface area contributed by atoms with Crippen LogP contribution in [0.25, 0.3) is 0 Å². The number of aromatic nitrogens is 1. The summed E-state index contributed by atoms with van der Waals surface area (Å²) in [6.07, 6.45) is 8.41. The van der Waals surface area contributed by atoms with Crippen molar-refractivity contribution in [1.29, 1.82) is 0 Å². The van der Waals surface area contributed by atoms with Gasteiger partial charge >= 0.3 is 0 Å². The quantitative estimate of drug-likeness (QED) is 0.637. The molecule has 1 fully saturated rings. The average molecular weight is 410 g/mol. The Labute approximate surface area is 175 Å². The van der Waals surface area contributed by atoms with Crippen molar-refractivity contribution in [2.75, 3.05) is 0 Å². The van der Waals surface area contributed by atoms with Crippen molar-refractivity contribution < 1.29 is 14.3 Å². The first-order valence-electron chi connectivity index (χ1n) is 10.0. The Morgan fingerprint density at radius 3 is 2.80 bits per heavy atom. The zero-order valence-corrected chi connectivity index (χ0v) is 17.2. The Hall–Kier alpha value is -3.06. The third kappa shape index (κ3) is 4.91. The molecule has 1 aromatic heterocycles. The molecule has 0 saturated heterocycles. The molecule has 0 aliphatic heterocycles. The second-order valence-corrected chi connectivity index (χ2v) is 7.59. The molecule has 1 aliphatic rings. The van der Waals surface area contributed by atoms with E-state index in [1.165, 1.54) is 6.20 Å². The predicted molar refractivity (Wildman–Crippen MR) is 116 cm³/mol. The lowest BCUT2D eigenvalue weighted by Gasteiger charge is -2.19. The standard InChI is InChI=1S/C23H27FN4O2/c1-14-15(2)22(24)18(23(30)28-19-5-3-6-20(19)29)12-17(14)11-16-7-8-21(27-13-16)26-10-4-9-25/h4,7-10,12-13,19-20,29H,3,5-6,11,25H2,1-2H3,(H,28,30)/t19-,20-/m0/s1. The largest absolute Gasteiger partial charge is 0.405 e. The van der Waals surface area contributed by atoms with Crippen LogP contribution in [-0.2, 0) is 6.42 Å². The van der Waals surface area contributed by atoms with Gasteiger partial charge in [0.05, 0.1) is 17.7 Å². The summed E-state index contributed by atoms with van der Waals surface area (Å²) in [5, 5.41) is 12.7. The molecule has 1 aliphatic carbocycles. The van der Waals surface area contributed by atoms with Crippen LogP contribution in [0, 0.1) is 19.7 Å². The van der Waals surface area contributed by atoms with Gasteiger partial charge in [-0.1, -0.05) is 6.07 Å². The summed E-state index contributed by atoms with van der Waals surface area (Å²) in [6.45, 7) is 3.53. The topological polar surface area (TPSA) is 101 Å². The number of nitrogens with two attached hydrogens (primary N) is 1. The summed E-state index contributed by atoms with van der Waals surface area (Å²) in [6, 6.07) is 4.97. The normalized spacial score (nSPS) is 19.1. The summed E-state index contributed by atoms with van der Waals surface area (Å²) in [4.78, 5) is 21.2. The van der Waals surface area contributed by atoms with Crippen LogP contribution in [0.15, 0.2) is 41.7 Å². The highest BCUT2D eigenvalue weighted by atomic mass is 19.1. The van der Waals surface area contributed by atoms with Crippen molar-refractivity contribution in [2.24, 2.45) is 10.7 Å². The molecule has 2 atom stereocenters. The van der Waals surface area contributed by atoms with Crippen LogP contribution >= 0.6 is 0 Å². The number of nitrogens with zero attached hydrogens (tertiary/aromatic N) is 2. The van der Waals surface area contributed by atoms with Gasteiger partial charge in [-0.3, -0.25) is 4.79 Å². The first kappa shape index (κ1) is 21.6.